The molecule has 1 aliphatic heterocycles. The van der Waals surface area contributed by atoms with Gasteiger partial charge < -0.3 is 4.74 Å². The molecular weight excluding hydrogens is 237 g/mol. The van der Waals surface area contributed by atoms with Crippen LogP contribution >= 0.6 is 0 Å². The Morgan fingerprint density at radius 1 is 1.50 bits per heavy atom. The minimum Gasteiger partial charge on any atom is -0.447 e. The third-order valence-electron chi connectivity index (χ3n) is 2.85. The summed E-state index contributed by atoms with van der Waals surface area (Å²) in [5.74, 6) is -0.835. The van der Waals surface area contributed by atoms with E-state index in [1.54, 1.807) is 0 Å². The molecule has 1 saturated heterocycles. The highest BCUT2D eigenvalue weighted by Gasteiger charge is 2.39. The van der Waals surface area contributed by atoms with E-state index in [-0.39, 0.29) is 6.61 Å². The minimum absolute atomic E-state index is 0.117. The molecule has 1 fully saturated rings. The molecule has 0 bridgehead atoms. The number of nitrogens with zero attached hydrogens (tertiary/aromatic N) is 1. The van der Waals surface area contributed by atoms with Crippen LogP contribution in [0.2, 0.25) is 0 Å². The Balaban J connectivity index is 2.12. The first-order valence-corrected chi connectivity index (χ1v) is 5.77. The van der Waals surface area contributed by atoms with Crippen molar-refractivity contribution < 1.29 is 18.7 Å². The molecule has 2 unspecified atom stereocenters. The predicted molar refractivity (Wildman–Crippen MR) is 62.7 cm³/mol. The summed E-state index contributed by atoms with van der Waals surface area (Å²) in [5, 5.41) is 0. The standard InChI is InChI=1S/C13H14FNO3/c1-9(14)12(16)15-11(8-18-13(15)17)7-10-5-3-2-4-6-10/h2-6,9,11H,7-8H2,1H3. The van der Waals surface area contributed by atoms with Crippen LogP contribution in [0.3, 0.4) is 0 Å². The lowest BCUT2D eigenvalue weighted by Gasteiger charge is -2.20. The molecule has 1 aromatic carbocycles. The van der Waals surface area contributed by atoms with Crippen molar-refractivity contribution in [3.05, 3.63) is 35.9 Å². The van der Waals surface area contributed by atoms with Gasteiger partial charge in [-0.3, -0.25) is 4.79 Å². The molecule has 4 nitrogen and oxygen atoms in total. The Morgan fingerprint density at radius 2 is 2.17 bits per heavy atom. The van der Waals surface area contributed by atoms with Gasteiger partial charge in [-0.25, -0.2) is 14.1 Å². The third kappa shape index (κ3) is 2.50. The van der Waals surface area contributed by atoms with E-state index < -0.39 is 24.2 Å². The molecule has 96 valence electrons. The van der Waals surface area contributed by atoms with Crippen LogP contribution in [-0.2, 0) is 16.0 Å². The Bertz CT molecular complexity index is 447. The smallest absolute Gasteiger partial charge is 0.417 e. The van der Waals surface area contributed by atoms with Crippen molar-refractivity contribution in [3.8, 4) is 0 Å². The average Bonchev–Trinajstić information content (AvgIpc) is 2.71. The van der Waals surface area contributed by atoms with Gasteiger partial charge in [0, 0.05) is 0 Å². The van der Waals surface area contributed by atoms with E-state index in [0.717, 1.165) is 17.4 Å². The fraction of sp³-hybridized carbons (Fsp3) is 0.385. The van der Waals surface area contributed by atoms with Gasteiger partial charge in [0.2, 0.25) is 0 Å². The van der Waals surface area contributed by atoms with Gasteiger partial charge in [0.15, 0.2) is 6.17 Å². The maximum Gasteiger partial charge on any atom is 0.417 e. The summed E-state index contributed by atoms with van der Waals surface area (Å²) < 4.78 is 17.9. The van der Waals surface area contributed by atoms with E-state index in [4.69, 9.17) is 4.74 Å². The highest BCUT2D eigenvalue weighted by atomic mass is 19.1. The zero-order valence-corrected chi connectivity index (χ0v) is 10.0. The number of alkyl halides is 1. The van der Waals surface area contributed by atoms with Gasteiger partial charge in [0.1, 0.15) is 6.61 Å². The third-order valence-corrected chi connectivity index (χ3v) is 2.85. The van der Waals surface area contributed by atoms with Crippen molar-refractivity contribution in [3.63, 3.8) is 0 Å². The van der Waals surface area contributed by atoms with Crippen LogP contribution in [0.15, 0.2) is 30.3 Å². The molecule has 1 aromatic rings. The van der Waals surface area contributed by atoms with Gasteiger partial charge in [0.05, 0.1) is 6.04 Å². The molecule has 5 heteroatoms. The van der Waals surface area contributed by atoms with Crippen LogP contribution in [0.1, 0.15) is 12.5 Å². The van der Waals surface area contributed by atoms with Crippen molar-refractivity contribution >= 4 is 12.0 Å². The van der Waals surface area contributed by atoms with E-state index in [1.165, 1.54) is 0 Å². The van der Waals surface area contributed by atoms with E-state index in [9.17, 15) is 14.0 Å². The topological polar surface area (TPSA) is 46.6 Å². The SMILES string of the molecule is CC(F)C(=O)N1C(=O)OCC1Cc1ccccc1. The Kier molecular flexibility index (Phi) is 3.60. The first-order valence-electron chi connectivity index (χ1n) is 5.77. The number of halogens is 1. The maximum absolute atomic E-state index is 13.0. The van der Waals surface area contributed by atoms with Crippen LogP contribution < -0.4 is 0 Å². The Hall–Kier alpha value is -1.91. The van der Waals surface area contributed by atoms with Crippen LogP contribution in [0.4, 0.5) is 9.18 Å². The monoisotopic (exact) mass is 251 g/mol. The molecule has 0 aliphatic carbocycles. The number of hydrogen-bond donors (Lipinski definition) is 0. The quantitative estimate of drug-likeness (QED) is 0.824. The highest BCUT2D eigenvalue weighted by molar-refractivity contribution is 5.95. The second kappa shape index (κ2) is 5.16. The van der Waals surface area contributed by atoms with Crippen molar-refractivity contribution in [2.45, 2.75) is 25.6 Å². The molecule has 1 heterocycles. The lowest BCUT2D eigenvalue weighted by atomic mass is 10.1. The van der Waals surface area contributed by atoms with E-state index in [2.05, 4.69) is 0 Å². The molecule has 2 rings (SSSR count). The number of carbonyl (C=O) groups is 2. The molecule has 0 N–H and O–H groups in total. The number of imide groups is 1. The first-order chi connectivity index (χ1) is 8.59. The zero-order valence-electron chi connectivity index (χ0n) is 10.0. The molecule has 18 heavy (non-hydrogen) atoms. The molecule has 2 amide bonds. The van der Waals surface area contributed by atoms with Gasteiger partial charge in [-0.1, -0.05) is 30.3 Å². The summed E-state index contributed by atoms with van der Waals surface area (Å²) in [6.07, 6.45) is -1.98. The molecule has 2 atom stereocenters. The average molecular weight is 251 g/mol. The molecule has 0 saturated carbocycles. The predicted octanol–water partition coefficient (Wildman–Crippen LogP) is 1.93. The van der Waals surface area contributed by atoms with Crippen LogP contribution in [0.5, 0.6) is 0 Å². The van der Waals surface area contributed by atoms with Gasteiger partial charge in [-0.15, -0.1) is 0 Å². The first kappa shape index (κ1) is 12.5. The summed E-state index contributed by atoms with van der Waals surface area (Å²) in [6, 6.07) is 8.99. The Morgan fingerprint density at radius 3 is 2.78 bits per heavy atom. The molecule has 0 aromatic heterocycles. The lowest BCUT2D eigenvalue weighted by Crippen LogP contribution is -2.43. The number of hydrogen-bond acceptors (Lipinski definition) is 3. The maximum atomic E-state index is 13.0. The van der Waals surface area contributed by atoms with Crippen LogP contribution in [0.25, 0.3) is 0 Å². The fourth-order valence-corrected chi connectivity index (χ4v) is 1.96. The van der Waals surface area contributed by atoms with Gasteiger partial charge in [-0.2, -0.15) is 0 Å². The number of rotatable bonds is 3. The summed E-state index contributed by atoms with van der Waals surface area (Å²) in [5.41, 5.74) is 0.977. The van der Waals surface area contributed by atoms with Crippen molar-refractivity contribution in [2.24, 2.45) is 0 Å². The molecule has 1 aliphatic rings. The lowest BCUT2D eigenvalue weighted by molar-refractivity contribution is -0.133. The second-order valence-electron chi connectivity index (χ2n) is 4.24. The van der Waals surface area contributed by atoms with Crippen molar-refractivity contribution in [1.29, 1.82) is 0 Å². The second-order valence-corrected chi connectivity index (χ2v) is 4.24. The van der Waals surface area contributed by atoms with Gasteiger partial charge in [0.25, 0.3) is 5.91 Å². The number of ether oxygens (including phenoxy) is 1. The van der Waals surface area contributed by atoms with E-state index in [0.29, 0.717) is 6.42 Å². The van der Waals surface area contributed by atoms with Gasteiger partial charge in [-0.05, 0) is 18.9 Å². The summed E-state index contributed by atoms with van der Waals surface area (Å²) >= 11 is 0. The van der Waals surface area contributed by atoms with E-state index in [1.807, 2.05) is 30.3 Å². The van der Waals surface area contributed by atoms with Gasteiger partial charge >= 0.3 is 6.09 Å². The number of benzene rings is 1. The van der Waals surface area contributed by atoms with Crippen LogP contribution in [-0.4, -0.2) is 35.7 Å². The zero-order chi connectivity index (χ0) is 13.1. The molecule has 0 spiro atoms. The Labute approximate surface area is 104 Å². The number of cyclic esters (lactones) is 1. The largest absolute Gasteiger partial charge is 0.447 e. The molecular formula is C13H14FNO3. The highest BCUT2D eigenvalue weighted by Crippen LogP contribution is 2.18. The normalized spacial score (nSPS) is 20.7. The summed E-state index contributed by atoms with van der Waals surface area (Å²) in [4.78, 5) is 23.9. The van der Waals surface area contributed by atoms with E-state index >= 15 is 0 Å². The van der Waals surface area contributed by atoms with Crippen molar-refractivity contribution in [2.75, 3.05) is 6.61 Å². The number of carbonyl (C=O) groups excluding carboxylic acids is 2. The van der Waals surface area contributed by atoms with Crippen LogP contribution in [0, 0.1) is 0 Å². The summed E-state index contributed by atoms with van der Waals surface area (Å²) in [7, 11) is 0. The van der Waals surface area contributed by atoms with Crippen molar-refractivity contribution in [1.82, 2.24) is 4.90 Å². The number of amides is 2. The molecule has 0 radical (unpaired) electrons. The minimum atomic E-state index is -1.70. The fourth-order valence-electron chi connectivity index (χ4n) is 1.96. The summed E-state index contributed by atoms with van der Waals surface area (Å²) in [6.45, 7) is 1.24.